The van der Waals surface area contributed by atoms with Gasteiger partial charge in [-0.3, -0.25) is 19.1 Å². The zero-order chi connectivity index (χ0) is 43.4. The SMILES string of the molecule is COc1ccc2c(O[C@@H]3C[C@H]4C(=O)N[C@]5(C(=O)NS(=O)(=O)C6(CF)CC6)C[C@H]5C=CCC[C@@H](C)C[C@@H](C)[C@H](NC(=O)O)C(=O)N4C3)cc(-n3ccc(C(F)(F)F)n3)nc2c1. The van der Waals surface area contributed by atoms with Crippen molar-refractivity contribution in [3.05, 3.63) is 54.4 Å². The molecule has 7 rings (SSSR count). The van der Waals surface area contributed by atoms with Crippen LogP contribution in [0.3, 0.4) is 0 Å². The Morgan fingerprint density at radius 3 is 2.52 bits per heavy atom. The van der Waals surface area contributed by atoms with E-state index < -0.39 is 92.7 Å². The van der Waals surface area contributed by atoms with E-state index in [1.165, 1.54) is 19.2 Å². The molecule has 3 aromatic rings. The molecule has 2 aliphatic heterocycles. The smallest absolute Gasteiger partial charge is 0.435 e. The molecule has 1 saturated heterocycles. The molecule has 0 unspecified atom stereocenters. The molecule has 0 radical (unpaired) electrons. The van der Waals surface area contributed by atoms with E-state index in [0.29, 0.717) is 30.4 Å². The number of ether oxygens (including phenoxy) is 2. The second-order valence-corrected chi connectivity index (χ2v) is 18.3. The van der Waals surface area contributed by atoms with Gasteiger partial charge in [-0.1, -0.05) is 26.0 Å². The number of sulfonamides is 1. The number of nitrogens with zero attached hydrogens (tertiary/aromatic N) is 4. The van der Waals surface area contributed by atoms with Gasteiger partial charge in [-0.25, -0.2) is 27.3 Å². The number of pyridine rings is 1. The molecule has 60 heavy (non-hydrogen) atoms. The van der Waals surface area contributed by atoms with Crippen LogP contribution in [0.2, 0.25) is 0 Å². The number of benzene rings is 1. The largest absolute Gasteiger partial charge is 0.497 e. The third kappa shape index (κ3) is 8.31. The van der Waals surface area contributed by atoms with Crippen LogP contribution in [-0.4, -0.2) is 106 Å². The molecule has 324 valence electrons. The van der Waals surface area contributed by atoms with Crippen LogP contribution in [0.25, 0.3) is 16.7 Å². The highest BCUT2D eigenvalue weighted by atomic mass is 32.2. The summed E-state index contributed by atoms with van der Waals surface area (Å²) in [5.41, 5.74) is -2.69. The van der Waals surface area contributed by atoms with Crippen molar-refractivity contribution in [3.63, 3.8) is 0 Å². The van der Waals surface area contributed by atoms with Gasteiger partial charge in [-0.15, -0.1) is 0 Å². The van der Waals surface area contributed by atoms with Crippen molar-refractivity contribution in [3.8, 4) is 17.3 Å². The van der Waals surface area contributed by atoms with E-state index in [1.54, 1.807) is 25.1 Å². The van der Waals surface area contributed by atoms with Crippen LogP contribution in [0.4, 0.5) is 22.4 Å². The Hall–Kier alpha value is -5.47. The van der Waals surface area contributed by atoms with Crippen LogP contribution in [0.5, 0.6) is 11.5 Å². The van der Waals surface area contributed by atoms with Crippen LogP contribution >= 0.6 is 0 Å². The molecule has 4 heterocycles. The summed E-state index contributed by atoms with van der Waals surface area (Å²) < 4.78 is 93.7. The Morgan fingerprint density at radius 2 is 1.87 bits per heavy atom. The number of allylic oxidation sites excluding steroid dienone is 1. The van der Waals surface area contributed by atoms with Crippen LogP contribution < -0.4 is 24.8 Å². The molecular weight excluding hydrogens is 819 g/mol. The normalized spacial score (nSPS) is 28.1. The van der Waals surface area contributed by atoms with Crippen LogP contribution in [0.1, 0.15) is 64.5 Å². The number of aromatic nitrogens is 3. The minimum absolute atomic E-state index is 0.00788. The van der Waals surface area contributed by atoms with Crippen molar-refractivity contribution in [1.29, 1.82) is 0 Å². The number of carbonyl (C=O) groups is 4. The quantitative estimate of drug-likeness (QED) is 0.176. The average Bonchev–Trinajstić information content (AvgIpc) is 4.01. The van der Waals surface area contributed by atoms with Gasteiger partial charge in [0.15, 0.2) is 11.5 Å². The van der Waals surface area contributed by atoms with E-state index >= 15 is 0 Å². The van der Waals surface area contributed by atoms with E-state index in [-0.39, 0.29) is 55.2 Å². The number of hydrogen-bond donors (Lipinski definition) is 4. The minimum atomic E-state index is -4.74. The third-order valence-corrected chi connectivity index (χ3v) is 14.0. The van der Waals surface area contributed by atoms with E-state index in [2.05, 4.69) is 20.7 Å². The predicted octanol–water partition coefficient (Wildman–Crippen LogP) is 4.27. The Kier molecular flexibility index (Phi) is 11.3. The summed E-state index contributed by atoms with van der Waals surface area (Å²) in [7, 11) is -3.05. The summed E-state index contributed by atoms with van der Waals surface area (Å²) in [5, 5.41) is 18.9. The molecule has 4 aliphatic rings. The number of fused-ring (bicyclic) bond motifs is 3. The van der Waals surface area contributed by atoms with Crippen molar-refractivity contribution in [1.82, 2.24) is 35.0 Å². The van der Waals surface area contributed by atoms with Gasteiger partial charge in [0.2, 0.25) is 21.8 Å². The lowest BCUT2D eigenvalue weighted by molar-refractivity contribution is -0.142. The summed E-state index contributed by atoms with van der Waals surface area (Å²) in [6, 6.07) is 4.19. The molecule has 2 aliphatic carbocycles. The van der Waals surface area contributed by atoms with E-state index in [1.807, 2.05) is 17.7 Å². The fraction of sp³-hybridized carbons (Fsp3) is 0.538. The first-order valence-corrected chi connectivity index (χ1v) is 21.0. The lowest BCUT2D eigenvalue weighted by Crippen LogP contribution is -2.59. The molecule has 1 aromatic carbocycles. The number of methoxy groups -OCH3 is 1. The molecular formula is C39H45F4N7O9S. The monoisotopic (exact) mass is 863 g/mol. The number of halogens is 4. The van der Waals surface area contributed by atoms with Crippen LogP contribution in [0, 0.1) is 17.8 Å². The van der Waals surface area contributed by atoms with Crippen molar-refractivity contribution >= 4 is 44.7 Å². The van der Waals surface area contributed by atoms with E-state index in [0.717, 1.165) is 21.8 Å². The number of rotatable bonds is 9. The maximum Gasteiger partial charge on any atom is 0.435 e. The highest BCUT2D eigenvalue weighted by Gasteiger charge is 2.64. The summed E-state index contributed by atoms with van der Waals surface area (Å²) in [6.07, 6.45) is -1.13. The van der Waals surface area contributed by atoms with E-state index in [9.17, 15) is 50.3 Å². The number of carbonyl (C=O) groups excluding carboxylic acids is 3. The highest BCUT2D eigenvalue weighted by Crippen LogP contribution is 2.48. The maximum absolute atomic E-state index is 14.5. The fourth-order valence-corrected chi connectivity index (χ4v) is 9.60. The average molecular weight is 864 g/mol. The molecule has 16 nitrogen and oxygen atoms in total. The van der Waals surface area contributed by atoms with Crippen molar-refractivity contribution in [2.75, 3.05) is 20.3 Å². The lowest BCUT2D eigenvalue weighted by Gasteiger charge is -2.32. The Morgan fingerprint density at radius 1 is 1.12 bits per heavy atom. The first-order chi connectivity index (χ1) is 28.3. The Bertz CT molecular complexity index is 2340. The van der Waals surface area contributed by atoms with Gasteiger partial charge in [0.25, 0.3) is 5.91 Å². The van der Waals surface area contributed by atoms with Crippen molar-refractivity contribution in [2.24, 2.45) is 17.8 Å². The maximum atomic E-state index is 14.5. The highest BCUT2D eigenvalue weighted by molar-refractivity contribution is 7.91. The topological polar surface area (TPSA) is 211 Å². The zero-order valence-corrected chi connectivity index (χ0v) is 33.7. The molecule has 3 fully saturated rings. The van der Waals surface area contributed by atoms with Gasteiger partial charge in [0.1, 0.15) is 46.6 Å². The molecule has 7 atom stereocenters. The number of alkyl halides is 4. The summed E-state index contributed by atoms with van der Waals surface area (Å²) in [6.45, 7) is 2.20. The van der Waals surface area contributed by atoms with Crippen molar-refractivity contribution in [2.45, 2.75) is 93.4 Å². The molecule has 4 N–H and O–H groups in total. The number of nitrogens with one attached hydrogen (secondary N) is 3. The summed E-state index contributed by atoms with van der Waals surface area (Å²) in [5.74, 6) is -3.42. The Labute approximate surface area is 342 Å². The second-order valence-electron chi connectivity index (χ2n) is 16.3. The molecule has 0 spiro atoms. The Balaban J connectivity index is 1.25. The standard InChI is InChI=1S/C39H45F4N7O9S/c1-21-6-4-5-7-23-18-38(23,35(53)48-60(56,57)37(20-40)11-12-37)46-33(51)28-16-25(19-49(28)34(52)32(22(2)14-21)45-36(54)55)59-29-17-31(50-13-10-30(47-50)39(41,42)43)44-27-15-24(58-3)8-9-26(27)29/h5,7-10,13,15,17,21-23,25,28,32,45H,4,6,11-12,14,16,18-20H2,1-3H3,(H,46,51)(H,48,53)(H,54,55)/t21-,22-,23-,25-,28+,32+,38-/m1/s1. The van der Waals surface area contributed by atoms with Gasteiger partial charge in [0.05, 0.1) is 19.2 Å². The van der Waals surface area contributed by atoms with Gasteiger partial charge in [0, 0.05) is 36.1 Å². The minimum Gasteiger partial charge on any atom is -0.497 e. The zero-order valence-electron chi connectivity index (χ0n) is 32.9. The molecule has 0 bridgehead atoms. The number of carboxylic acid groups (broad SMARTS) is 1. The number of hydrogen-bond acceptors (Lipinski definition) is 10. The number of amides is 4. The van der Waals surface area contributed by atoms with Gasteiger partial charge in [-0.05, 0) is 68.6 Å². The van der Waals surface area contributed by atoms with Gasteiger partial charge >= 0.3 is 12.3 Å². The first-order valence-electron chi connectivity index (χ1n) is 19.5. The van der Waals surface area contributed by atoms with Crippen LogP contribution in [0.15, 0.2) is 48.7 Å². The summed E-state index contributed by atoms with van der Waals surface area (Å²) >= 11 is 0. The van der Waals surface area contributed by atoms with Gasteiger partial charge < -0.3 is 30.1 Å². The molecule has 4 amide bonds. The van der Waals surface area contributed by atoms with Crippen molar-refractivity contribution < 1.29 is 59.7 Å². The van der Waals surface area contributed by atoms with Crippen LogP contribution in [-0.2, 0) is 30.6 Å². The van der Waals surface area contributed by atoms with E-state index in [4.69, 9.17) is 9.47 Å². The third-order valence-electron chi connectivity index (χ3n) is 11.9. The first kappa shape index (κ1) is 42.6. The second kappa shape index (κ2) is 15.9. The molecule has 2 saturated carbocycles. The summed E-state index contributed by atoms with van der Waals surface area (Å²) in [4.78, 5) is 60.6. The molecule has 2 aromatic heterocycles. The van der Waals surface area contributed by atoms with Gasteiger partial charge in [-0.2, -0.15) is 18.3 Å². The molecule has 21 heteroatoms. The predicted molar refractivity (Wildman–Crippen MR) is 205 cm³/mol. The fourth-order valence-electron chi connectivity index (χ4n) is 8.17. The lowest BCUT2D eigenvalue weighted by atomic mass is 9.88.